The first-order valence-electron chi connectivity index (χ1n) is 12.5. The normalized spacial score (nSPS) is 18.7. The van der Waals surface area contributed by atoms with Crippen LogP contribution in [-0.2, 0) is 25.7 Å². The Labute approximate surface area is 263 Å². The van der Waals surface area contributed by atoms with Crippen molar-refractivity contribution >= 4 is 82.2 Å². The van der Waals surface area contributed by atoms with Gasteiger partial charge >= 0.3 is 5.97 Å². The molecule has 1 unspecified atom stereocenters. The molecule has 0 spiro atoms. The second-order valence-corrected chi connectivity index (χ2v) is 13.1. The van der Waals surface area contributed by atoms with Crippen molar-refractivity contribution in [3.8, 4) is 0 Å². The molecule has 3 amide bonds. The number of β-lactam (4-membered cyclic amide) rings is 1. The Morgan fingerprint density at radius 1 is 1.17 bits per heavy atom. The van der Waals surface area contributed by atoms with E-state index in [1.165, 1.54) is 40.2 Å². The molecule has 4 rings (SSSR count). The van der Waals surface area contributed by atoms with Crippen LogP contribution in [-0.4, -0.2) is 91.7 Å². The lowest BCUT2D eigenvalue weighted by atomic mass is 10.0. The number of nitrogens with zero attached hydrogens (tertiary/aromatic N) is 3. The number of aliphatic hydroxyl groups is 1. The zero-order valence-electron chi connectivity index (χ0n) is 21.9. The number of amides is 3. The number of carbonyl (C=O) groups excluding carboxylic acids is 3. The lowest BCUT2D eigenvalue weighted by Crippen LogP contribution is -2.70. The summed E-state index contributed by atoms with van der Waals surface area (Å²) in [6.07, 6.45) is 2.65. The average molecular weight is 675 g/mol. The Balaban J connectivity index is 1.31. The third-order valence-corrected chi connectivity index (χ3v) is 9.88. The first kappa shape index (κ1) is 32.4. The monoisotopic (exact) mass is 673 g/mol. The quantitative estimate of drug-likeness (QED) is 0.0876. The molecule has 0 radical (unpaired) electrons. The minimum atomic E-state index is -1.20. The van der Waals surface area contributed by atoms with Gasteiger partial charge in [0.1, 0.15) is 27.4 Å². The van der Waals surface area contributed by atoms with Crippen LogP contribution in [0.1, 0.15) is 0 Å². The number of rotatable bonds is 13. The van der Waals surface area contributed by atoms with E-state index in [2.05, 4.69) is 15.6 Å². The van der Waals surface area contributed by atoms with E-state index >= 15 is 0 Å². The summed E-state index contributed by atoms with van der Waals surface area (Å²) in [5.74, 6) is -1.57. The number of nitrogens with two attached hydrogens (primary N) is 1. The number of fused-ring (bicyclic) bond motifs is 1. The fourth-order valence-electron chi connectivity index (χ4n) is 4.04. The lowest BCUT2D eigenvalue weighted by Gasteiger charge is -2.49. The molecule has 2 aromatic rings. The van der Waals surface area contributed by atoms with Crippen molar-refractivity contribution < 1.29 is 34.0 Å². The van der Waals surface area contributed by atoms with Gasteiger partial charge in [0, 0.05) is 46.5 Å². The first-order chi connectivity index (χ1) is 20.0. The maximum Gasteiger partial charge on any atom is 0.352 e. The molecule has 224 valence electrons. The number of thioether (sulfide) groups is 3. The maximum atomic E-state index is 12.9. The standard InChI is InChI=1S/C25H26Cl2N6O6S3/c26-17-5-16(6-18(27)30-17)41-12-20(36)31-21-23(37)33-22(25(38)39)13(11-42-24(21)33)10-40-15-1-3-32(4-2-15)9-19(35)29-8-14(34)7-28/h1-6,14,21,24,34H,7-12,28H2,(H2-,29,31,35,36,38,39)/p+1/t14?,21-,24+/m0/s1. The Kier molecular flexibility index (Phi) is 11.4. The summed E-state index contributed by atoms with van der Waals surface area (Å²) in [4.78, 5) is 56.3. The summed E-state index contributed by atoms with van der Waals surface area (Å²) in [6.45, 7) is 0.197. The molecule has 0 aromatic carbocycles. The summed E-state index contributed by atoms with van der Waals surface area (Å²) in [6, 6.07) is 5.94. The molecule has 42 heavy (non-hydrogen) atoms. The number of halogens is 2. The Morgan fingerprint density at radius 2 is 1.86 bits per heavy atom. The van der Waals surface area contributed by atoms with Crippen LogP contribution < -0.4 is 20.9 Å². The molecule has 4 heterocycles. The van der Waals surface area contributed by atoms with Gasteiger partial charge in [-0.25, -0.2) is 9.78 Å². The van der Waals surface area contributed by atoms with Crippen LogP contribution in [0.5, 0.6) is 0 Å². The van der Waals surface area contributed by atoms with Gasteiger partial charge < -0.3 is 26.6 Å². The van der Waals surface area contributed by atoms with Gasteiger partial charge in [-0.15, -0.1) is 35.3 Å². The minimum absolute atomic E-state index is 0.0144. The van der Waals surface area contributed by atoms with Crippen LogP contribution in [0.4, 0.5) is 0 Å². The highest BCUT2D eigenvalue weighted by atomic mass is 35.5. The maximum absolute atomic E-state index is 12.9. The molecular weight excluding hydrogens is 647 g/mol. The molecule has 12 nitrogen and oxygen atoms in total. The van der Waals surface area contributed by atoms with Crippen molar-refractivity contribution in [3.05, 3.63) is 58.2 Å². The Bertz CT molecular complexity index is 1380. The molecule has 0 saturated carbocycles. The van der Waals surface area contributed by atoms with E-state index in [-0.39, 0.29) is 53.2 Å². The topological polar surface area (TPSA) is 179 Å². The molecule has 1 fully saturated rings. The number of carbonyl (C=O) groups is 4. The summed E-state index contributed by atoms with van der Waals surface area (Å²) < 4.78 is 1.67. The molecule has 2 aliphatic heterocycles. The third kappa shape index (κ3) is 8.30. The van der Waals surface area contributed by atoms with Crippen LogP contribution >= 0.6 is 58.5 Å². The first-order valence-corrected chi connectivity index (χ1v) is 16.2. The SMILES string of the molecule is NCC(O)CNC(=O)C[n+]1ccc(SCC2=C(C(=O)O)N3C(=O)[C@H](NC(=O)CSc4cc(Cl)nc(Cl)c4)[C@H]3SC2)cc1. The summed E-state index contributed by atoms with van der Waals surface area (Å²) in [5, 5.41) is 24.6. The van der Waals surface area contributed by atoms with Crippen LogP contribution in [0.15, 0.2) is 57.7 Å². The second kappa shape index (κ2) is 14.8. The number of hydrogen-bond donors (Lipinski definition) is 5. The van der Waals surface area contributed by atoms with Crippen LogP contribution in [0.25, 0.3) is 0 Å². The number of nitrogens with one attached hydrogen (secondary N) is 2. The van der Waals surface area contributed by atoms with Gasteiger partial charge in [-0.05, 0) is 17.7 Å². The average Bonchev–Trinajstić information content (AvgIpc) is 2.96. The lowest BCUT2D eigenvalue weighted by molar-refractivity contribution is -0.684. The van der Waals surface area contributed by atoms with E-state index in [1.54, 1.807) is 41.2 Å². The predicted octanol–water partition coefficient (Wildman–Crippen LogP) is 0.735. The van der Waals surface area contributed by atoms with Gasteiger partial charge in [-0.1, -0.05) is 23.2 Å². The highest BCUT2D eigenvalue weighted by molar-refractivity contribution is 8.01. The van der Waals surface area contributed by atoms with Crippen molar-refractivity contribution in [2.75, 3.05) is 30.3 Å². The van der Waals surface area contributed by atoms with E-state index in [4.69, 9.17) is 28.9 Å². The Hall–Kier alpha value is -2.53. The number of carboxylic acids is 1. The molecule has 0 aliphatic carbocycles. The zero-order chi connectivity index (χ0) is 30.4. The van der Waals surface area contributed by atoms with Crippen LogP contribution in [0, 0.1) is 0 Å². The largest absolute Gasteiger partial charge is 0.477 e. The van der Waals surface area contributed by atoms with Gasteiger partial charge in [0.05, 0.1) is 11.9 Å². The summed E-state index contributed by atoms with van der Waals surface area (Å²) in [7, 11) is 0. The molecule has 17 heteroatoms. The summed E-state index contributed by atoms with van der Waals surface area (Å²) in [5.41, 5.74) is 5.87. The van der Waals surface area contributed by atoms with Gasteiger partial charge in [-0.2, -0.15) is 4.57 Å². The van der Waals surface area contributed by atoms with E-state index < -0.39 is 29.4 Å². The Morgan fingerprint density at radius 3 is 2.50 bits per heavy atom. The second-order valence-electron chi connectivity index (χ2n) is 9.14. The van der Waals surface area contributed by atoms with E-state index in [0.29, 0.717) is 22.0 Å². The van der Waals surface area contributed by atoms with Crippen molar-refractivity contribution in [1.29, 1.82) is 0 Å². The predicted molar refractivity (Wildman–Crippen MR) is 160 cm³/mol. The highest BCUT2D eigenvalue weighted by Gasteiger charge is 2.54. The number of carboxylic acid groups (broad SMARTS) is 1. The number of aliphatic carboxylic acids is 1. The van der Waals surface area contributed by atoms with Crippen molar-refractivity contribution in [1.82, 2.24) is 20.5 Å². The number of pyridine rings is 2. The fourth-order valence-corrected chi connectivity index (χ4v) is 7.77. The molecule has 1 saturated heterocycles. The van der Waals surface area contributed by atoms with Crippen molar-refractivity contribution in [3.63, 3.8) is 0 Å². The van der Waals surface area contributed by atoms with Crippen molar-refractivity contribution in [2.24, 2.45) is 5.73 Å². The minimum Gasteiger partial charge on any atom is -0.477 e. The molecule has 6 N–H and O–H groups in total. The van der Waals surface area contributed by atoms with Crippen molar-refractivity contribution in [2.45, 2.75) is 33.9 Å². The van der Waals surface area contributed by atoms with E-state index in [0.717, 1.165) is 4.90 Å². The van der Waals surface area contributed by atoms with Gasteiger partial charge in [0.25, 0.3) is 11.8 Å². The van der Waals surface area contributed by atoms with E-state index in [1.807, 2.05) is 0 Å². The number of hydrogen-bond acceptors (Lipinski definition) is 10. The van der Waals surface area contributed by atoms with E-state index in [9.17, 15) is 29.4 Å². The van der Waals surface area contributed by atoms with Crippen LogP contribution in [0.2, 0.25) is 10.3 Å². The van der Waals surface area contributed by atoms with Gasteiger partial charge in [0.2, 0.25) is 12.5 Å². The number of aromatic nitrogens is 2. The molecular formula is C25H27Cl2N6O6S3+. The smallest absolute Gasteiger partial charge is 0.352 e. The van der Waals surface area contributed by atoms with Crippen LogP contribution in [0.3, 0.4) is 0 Å². The summed E-state index contributed by atoms with van der Waals surface area (Å²) >= 11 is 15.8. The zero-order valence-corrected chi connectivity index (χ0v) is 25.8. The van der Waals surface area contributed by atoms with Gasteiger partial charge in [0.15, 0.2) is 12.4 Å². The molecule has 0 bridgehead atoms. The number of aliphatic hydroxyl groups excluding tert-OH is 1. The molecule has 2 aliphatic rings. The molecule has 3 atom stereocenters. The highest BCUT2D eigenvalue weighted by Crippen LogP contribution is 2.41. The fraction of sp³-hybridized carbons (Fsp3) is 0.360. The molecule has 2 aromatic heterocycles. The third-order valence-electron chi connectivity index (χ3n) is 6.08. The van der Waals surface area contributed by atoms with Gasteiger partial charge in [-0.3, -0.25) is 19.3 Å².